The molecule has 2 heterocycles. The van der Waals surface area contributed by atoms with E-state index in [4.69, 9.17) is 0 Å². The van der Waals surface area contributed by atoms with Crippen LogP contribution in [0.15, 0.2) is 36.7 Å². The standard InChI is InChI=1S/C17H14F2N4O/c18-12-3-1-2-11-15(22-23(16(11)12)9-10-4-5-10)17(24)21-14-6-7-20-8-13(14)19/h1-3,6-8,10H,4-5,9H2,(H,20,21,24). The number of carbonyl (C=O) groups excluding carboxylic acids is 1. The molecule has 2 aromatic heterocycles. The first-order chi connectivity index (χ1) is 11.6. The molecule has 0 aliphatic heterocycles. The van der Waals surface area contributed by atoms with Crippen LogP contribution in [-0.2, 0) is 6.54 Å². The van der Waals surface area contributed by atoms with Crippen molar-refractivity contribution in [2.75, 3.05) is 5.32 Å². The Kier molecular flexibility index (Phi) is 3.48. The second-order valence-electron chi connectivity index (χ2n) is 5.92. The van der Waals surface area contributed by atoms with E-state index in [2.05, 4.69) is 15.4 Å². The molecule has 1 N–H and O–H groups in total. The van der Waals surface area contributed by atoms with Crippen LogP contribution in [0.5, 0.6) is 0 Å². The van der Waals surface area contributed by atoms with Crippen molar-refractivity contribution in [1.29, 1.82) is 0 Å². The van der Waals surface area contributed by atoms with Crippen molar-refractivity contribution in [3.8, 4) is 0 Å². The van der Waals surface area contributed by atoms with Crippen molar-refractivity contribution in [3.05, 3.63) is 54.0 Å². The zero-order valence-electron chi connectivity index (χ0n) is 12.7. The number of para-hydroxylation sites is 1. The van der Waals surface area contributed by atoms with E-state index < -0.39 is 17.5 Å². The van der Waals surface area contributed by atoms with Crippen LogP contribution in [0.1, 0.15) is 23.3 Å². The lowest BCUT2D eigenvalue weighted by molar-refractivity contribution is 0.102. The highest BCUT2D eigenvalue weighted by atomic mass is 19.1. The van der Waals surface area contributed by atoms with Crippen molar-refractivity contribution < 1.29 is 13.6 Å². The quantitative estimate of drug-likeness (QED) is 0.799. The molecule has 0 saturated heterocycles. The van der Waals surface area contributed by atoms with Crippen LogP contribution in [0.4, 0.5) is 14.5 Å². The van der Waals surface area contributed by atoms with Gasteiger partial charge in [-0.05, 0) is 30.9 Å². The number of hydrogen-bond acceptors (Lipinski definition) is 3. The molecule has 7 heteroatoms. The molecule has 0 unspecified atom stereocenters. The topological polar surface area (TPSA) is 59.8 Å². The van der Waals surface area contributed by atoms with Crippen LogP contribution in [0.2, 0.25) is 0 Å². The highest BCUT2D eigenvalue weighted by Crippen LogP contribution is 2.32. The second-order valence-corrected chi connectivity index (χ2v) is 5.92. The number of hydrogen-bond donors (Lipinski definition) is 1. The minimum absolute atomic E-state index is 0.0105. The fourth-order valence-corrected chi connectivity index (χ4v) is 2.70. The fourth-order valence-electron chi connectivity index (χ4n) is 2.70. The Morgan fingerprint density at radius 3 is 2.83 bits per heavy atom. The maximum Gasteiger partial charge on any atom is 0.276 e. The molecule has 24 heavy (non-hydrogen) atoms. The van der Waals surface area contributed by atoms with Crippen LogP contribution < -0.4 is 5.32 Å². The van der Waals surface area contributed by atoms with Crippen LogP contribution in [0.3, 0.4) is 0 Å². The van der Waals surface area contributed by atoms with Gasteiger partial charge in [0.1, 0.15) is 11.3 Å². The Morgan fingerprint density at radius 1 is 1.25 bits per heavy atom. The molecule has 1 amide bonds. The fraction of sp³-hybridized carbons (Fsp3) is 0.235. The summed E-state index contributed by atoms with van der Waals surface area (Å²) in [6.07, 6.45) is 4.56. The second kappa shape index (κ2) is 5.67. The van der Waals surface area contributed by atoms with Crippen molar-refractivity contribution in [3.63, 3.8) is 0 Å². The first kappa shape index (κ1) is 14.7. The number of anilines is 1. The highest BCUT2D eigenvalue weighted by molar-refractivity contribution is 6.11. The van der Waals surface area contributed by atoms with E-state index in [-0.39, 0.29) is 11.4 Å². The molecule has 0 bridgehead atoms. The maximum atomic E-state index is 14.2. The number of amides is 1. The largest absolute Gasteiger partial charge is 0.318 e. The van der Waals surface area contributed by atoms with Gasteiger partial charge in [0.2, 0.25) is 0 Å². The van der Waals surface area contributed by atoms with Crippen LogP contribution in [-0.4, -0.2) is 20.7 Å². The molecule has 5 nitrogen and oxygen atoms in total. The van der Waals surface area contributed by atoms with E-state index in [1.54, 1.807) is 10.7 Å². The minimum Gasteiger partial charge on any atom is -0.318 e. The average molecular weight is 328 g/mol. The van der Waals surface area contributed by atoms with Gasteiger partial charge in [0.05, 0.1) is 11.9 Å². The smallest absolute Gasteiger partial charge is 0.276 e. The number of aromatic nitrogens is 3. The van der Waals surface area contributed by atoms with E-state index in [1.807, 2.05) is 0 Å². The molecule has 1 aromatic carbocycles. The Bertz CT molecular complexity index is 933. The van der Waals surface area contributed by atoms with Crippen molar-refractivity contribution >= 4 is 22.5 Å². The van der Waals surface area contributed by atoms with Gasteiger partial charge in [-0.3, -0.25) is 14.5 Å². The zero-order chi connectivity index (χ0) is 16.7. The predicted molar refractivity (Wildman–Crippen MR) is 84.6 cm³/mol. The summed E-state index contributed by atoms with van der Waals surface area (Å²) < 4.78 is 29.4. The number of fused-ring (bicyclic) bond motifs is 1. The number of carbonyl (C=O) groups is 1. The number of benzene rings is 1. The van der Waals surface area contributed by atoms with Crippen LogP contribution in [0.25, 0.3) is 10.9 Å². The van der Waals surface area contributed by atoms with E-state index >= 15 is 0 Å². The van der Waals surface area contributed by atoms with Gasteiger partial charge in [-0.2, -0.15) is 5.10 Å². The van der Waals surface area contributed by atoms with Gasteiger partial charge in [0.25, 0.3) is 5.91 Å². The summed E-state index contributed by atoms with van der Waals surface area (Å²) >= 11 is 0. The SMILES string of the molecule is O=C(Nc1ccncc1F)c1nn(CC2CC2)c2c(F)cccc12. The van der Waals surface area contributed by atoms with Crippen LogP contribution >= 0.6 is 0 Å². The van der Waals surface area contributed by atoms with Crippen molar-refractivity contribution in [2.24, 2.45) is 5.92 Å². The molecule has 122 valence electrons. The third kappa shape index (κ3) is 2.62. The molecule has 1 aliphatic carbocycles. The summed E-state index contributed by atoms with van der Waals surface area (Å²) in [5, 5.41) is 7.17. The van der Waals surface area contributed by atoms with E-state index in [0.717, 1.165) is 19.0 Å². The molecule has 1 aliphatic rings. The molecular weight excluding hydrogens is 314 g/mol. The maximum absolute atomic E-state index is 14.2. The van der Waals surface area contributed by atoms with Crippen LogP contribution in [0, 0.1) is 17.6 Å². The van der Waals surface area contributed by atoms with Gasteiger partial charge >= 0.3 is 0 Å². The predicted octanol–water partition coefficient (Wildman–Crippen LogP) is 3.37. The summed E-state index contributed by atoms with van der Waals surface area (Å²) in [6.45, 7) is 0.578. The lowest BCUT2D eigenvalue weighted by atomic mass is 10.2. The lowest BCUT2D eigenvalue weighted by Gasteiger charge is -2.04. The van der Waals surface area contributed by atoms with Gasteiger partial charge in [0.15, 0.2) is 11.5 Å². The number of pyridine rings is 1. The van der Waals surface area contributed by atoms with E-state index in [1.165, 1.54) is 24.4 Å². The molecule has 1 fully saturated rings. The molecule has 1 saturated carbocycles. The third-order valence-electron chi connectivity index (χ3n) is 4.08. The monoisotopic (exact) mass is 328 g/mol. The summed E-state index contributed by atoms with van der Waals surface area (Å²) in [7, 11) is 0. The summed E-state index contributed by atoms with van der Waals surface area (Å²) in [4.78, 5) is 16.1. The minimum atomic E-state index is -0.640. The van der Waals surface area contributed by atoms with Crippen molar-refractivity contribution in [1.82, 2.24) is 14.8 Å². The number of rotatable bonds is 4. The molecule has 0 atom stereocenters. The summed E-state index contributed by atoms with van der Waals surface area (Å²) in [5.74, 6) is -1.17. The highest BCUT2D eigenvalue weighted by Gasteiger charge is 2.26. The average Bonchev–Trinajstić information content (AvgIpc) is 3.30. The number of nitrogens with one attached hydrogen (secondary N) is 1. The Balaban J connectivity index is 1.74. The third-order valence-corrected chi connectivity index (χ3v) is 4.08. The zero-order valence-corrected chi connectivity index (χ0v) is 12.7. The molecule has 0 radical (unpaired) electrons. The summed E-state index contributed by atoms with van der Waals surface area (Å²) in [6, 6.07) is 5.88. The van der Waals surface area contributed by atoms with Gasteiger partial charge in [-0.15, -0.1) is 0 Å². The first-order valence-electron chi connectivity index (χ1n) is 7.69. The Hall–Kier alpha value is -2.83. The Morgan fingerprint density at radius 2 is 2.08 bits per heavy atom. The van der Waals surface area contributed by atoms with Gasteiger partial charge in [-0.1, -0.05) is 12.1 Å². The molecule has 3 aromatic rings. The number of halogens is 2. The van der Waals surface area contributed by atoms with Crippen molar-refractivity contribution in [2.45, 2.75) is 19.4 Å². The summed E-state index contributed by atoms with van der Waals surface area (Å²) in [5.41, 5.74) is 0.405. The first-order valence-corrected chi connectivity index (χ1v) is 7.69. The normalized spacial score (nSPS) is 14.1. The lowest BCUT2D eigenvalue weighted by Crippen LogP contribution is -2.15. The van der Waals surface area contributed by atoms with Gasteiger partial charge < -0.3 is 5.32 Å². The molecule has 0 spiro atoms. The Labute approximate surface area is 136 Å². The van der Waals surface area contributed by atoms with Gasteiger partial charge in [0, 0.05) is 18.1 Å². The molecular formula is C17H14F2N4O. The molecule has 4 rings (SSSR count). The van der Waals surface area contributed by atoms with E-state index in [9.17, 15) is 13.6 Å². The number of nitrogens with zero attached hydrogens (tertiary/aromatic N) is 3. The van der Waals surface area contributed by atoms with Gasteiger partial charge in [-0.25, -0.2) is 8.78 Å². The van der Waals surface area contributed by atoms with E-state index in [0.29, 0.717) is 23.4 Å².